The summed E-state index contributed by atoms with van der Waals surface area (Å²) in [5.41, 5.74) is 4.28. The Kier molecular flexibility index (Phi) is 5.02. The van der Waals surface area contributed by atoms with Gasteiger partial charge in [0.1, 0.15) is 0 Å². The summed E-state index contributed by atoms with van der Waals surface area (Å²) < 4.78 is 0. The van der Waals surface area contributed by atoms with Gasteiger partial charge >= 0.3 is 0 Å². The summed E-state index contributed by atoms with van der Waals surface area (Å²) in [7, 11) is 0. The van der Waals surface area contributed by atoms with Gasteiger partial charge in [-0.25, -0.2) is 19.6 Å². The molecule has 0 aromatic heterocycles. The average Bonchev–Trinajstić information content (AvgIpc) is 2.35. The van der Waals surface area contributed by atoms with Crippen molar-refractivity contribution in [2.75, 3.05) is 0 Å². The summed E-state index contributed by atoms with van der Waals surface area (Å²) >= 11 is 0. The van der Waals surface area contributed by atoms with Gasteiger partial charge in [0, 0.05) is 0 Å². The fourth-order valence-corrected chi connectivity index (χ4v) is 1.91. The minimum absolute atomic E-state index is 0.347. The molecule has 0 bridgehead atoms. The van der Waals surface area contributed by atoms with Gasteiger partial charge in [-0.15, -0.1) is 0 Å². The topological polar surface area (TPSA) is 58.9 Å². The number of rotatable bonds is 5. The van der Waals surface area contributed by atoms with Crippen LogP contribution < -0.4 is 0 Å². The van der Waals surface area contributed by atoms with Crippen LogP contribution in [0.15, 0.2) is 22.1 Å². The monoisotopic (exact) mass is 230 g/mol. The summed E-state index contributed by atoms with van der Waals surface area (Å²) in [4.78, 5) is 27.4. The number of nitrogens with zero attached hydrogens (tertiary/aromatic N) is 2. The molecule has 0 aliphatic carbocycles. The Balaban J connectivity index is 3.15. The molecule has 4 heteroatoms. The Morgan fingerprint density at radius 2 is 1.59 bits per heavy atom. The molecule has 0 aliphatic heterocycles. The molecule has 4 nitrogen and oxygen atoms in total. The number of isocyanates is 2. The van der Waals surface area contributed by atoms with E-state index in [0.29, 0.717) is 13.1 Å². The van der Waals surface area contributed by atoms with Crippen LogP contribution in [0.25, 0.3) is 0 Å². The van der Waals surface area contributed by atoms with Gasteiger partial charge in [0.25, 0.3) is 0 Å². The van der Waals surface area contributed by atoms with Crippen LogP contribution in [0.1, 0.15) is 29.2 Å². The third-order valence-corrected chi connectivity index (χ3v) is 2.79. The molecule has 0 aliphatic rings. The van der Waals surface area contributed by atoms with Crippen molar-refractivity contribution in [3.05, 3.63) is 34.4 Å². The molecule has 0 fully saturated rings. The van der Waals surface area contributed by atoms with Gasteiger partial charge < -0.3 is 0 Å². The molecule has 0 atom stereocenters. The molecule has 1 rings (SSSR count). The van der Waals surface area contributed by atoms with E-state index < -0.39 is 0 Å². The molecular weight excluding hydrogens is 216 g/mol. The van der Waals surface area contributed by atoms with E-state index in [1.165, 1.54) is 6.08 Å². The summed E-state index contributed by atoms with van der Waals surface area (Å²) in [5.74, 6) is 0. The Morgan fingerprint density at radius 3 is 2.12 bits per heavy atom. The molecule has 0 N–H and O–H groups in total. The largest absolute Gasteiger partial charge is 0.235 e. The van der Waals surface area contributed by atoms with Crippen LogP contribution in [0, 0.1) is 6.92 Å². The third-order valence-electron chi connectivity index (χ3n) is 2.79. The van der Waals surface area contributed by atoms with Crippen molar-refractivity contribution in [3.63, 3.8) is 0 Å². The average molecular weight is 230 g/mol. The lowest BCUT2D eigenvalue weighted by Gasteiger charge is -2.12. The van der Waals surface area contributed by atoms with E-state index in [2.05, 4.69) is 9.98 Å². The Hall–Kier alpha value is -2.02. The molecule has 0 radical (unpaired) electrons. The maximum atomic E-state index is 10.1. The summed E-state index contributed by atoms with van der Waals surface area (Å²) in [6.07, 6.45) is 3.93. The minimum Gasteiger partial charge on any atom is -0.211 e. The highest BCUT2D eigenvalue weighted by Gasteiger charge is 2.07. The highest BCUT2D eigenvalue weighted by atomic mass is 16.1. The maximum absolute atomic E-state index is 10.1. The molecule has 88 valence electrons. The van der Waals surface area contributed by atoms with Crippen LogP contribution in [0.2, 0.25) is 0 Å². The molecule has 1 aromatic rings. The molecule has 17 heavy (non-hydrogen) atoms. The van der Waals surface area contributed by atoms with Crippen LogP contribution in [-0.4, -0.2) is 12.2 Å². The normalized spacial score (nSPS) is 9.29. The molecule has 1 aromatic carbocycles. The third kappa shape index (κ3) is 3.22. The predicted octanol–water partition coefficient (Wildman–Crippen LogP) is 2.23. The molecular formula is C13H14N2O2. The van der Waals surface area contributed by atoms with Crippen LogP contribution >= 0.6 is 0 Å². The number of hydrogen-bond acceptors (Lipinski definition) is 4. The van der Waals surface area contributed by atoms with Gasteiger partial charge in [0.15, 0.2) is 0 Å². The summed E-state index contributed by atoms with van der Waals surface area (Å²) in [6, 6.07) is 3.83. The van der Waals surface area contributed by atoms with Crippen molar-refractivity contribution < 1.29 is 9.59 Å². The lowest BCUT2D eigenvalue weighted by Crippen LogP contribution is -1.99. The van der Waals surface area contributed by atoms with Gasteiger partial charge in [0.05, 0.1) is 13.1 Å². The van der Waals surface area contributed by atoms with Gasteiger partial charge in [-0.05, 0) is 35.6 Å². The SMILES string of the molecule is CCc1c(CN=C=O)ccc(CN=C=O)c1C. The number of benzene rings is 1. The zero-order valence-corrected chi connectivity index (χ0v) is 9.99. The predicted molar refractivity (Wildman–Crippen MR) is 64.2 cm³/mol. The Morgan fingerprint density at radius 1 is 1.06 bits per heavy atom. The van der Waals surface area contributed by atoms with E-state index in [4.69, 9.17) is 0 Å². The number of carbonyl (C=O) groups excluding carboxylic acids is 2. The molecule has 0 unspecified atom stereocenters. The fraction of sp³-hybridized carbons (Fsp3) is 0.385. The van der Waals surface area contributed by atoms with E-state index in [-0.39, 0.29) is 0 Å². The molecule has 0 saturated heterocycles. The standard InChI is InChI=1S/C13H14N2O2/c1-3-13-10(2)11(6-14-8-16)4-5-12(13)7-15-9-17/h4-5H,3,6-7H2,1-2H3. The van der Waals surface area contributed by atoms with Crippen molar-refractivity contribution in [3.8, 4) is 0 Å². The van der Waals surface area contributed by atoms with Crippen molar-refractivity contribution >= 4 is 12.2 Å². The highest BCUT2D eigenvalue weighted by molar-refractivity contribution is 5.43. The van der Waals surface area contributed by atoms with E-state index in [0.717, 1.165) is 28.7 Å². The quantitative estimate of drug-likeness (QED) is 0.575. The number of aliphatic imine (C=N–C) groups is 2. The van der Waals surface area contributed by atoms with Crippen molar-refractivity contribution in [1.29, 1.82) is 0 Å². The second-order valence-corrected chi connectivity index (χ2v) is 3.66. The Bertz CT molecular complexity index is 496. The van der Waals surface area contributed by atoms with Crippen LogP contribution in [0.5, 0.6) is 0 Å². The van der Waals surface area contributed by atoms with E-state index in [1.807, 2.05) is 26.0 Å². The van der Waals surface area contributed by atoms with Crippen molar-refractivity contribution in [2.45, 2.75) is 33.4 Å². The van der Waals surface area contributed by atoms with Gasteiger partial charge in [-0.3, -0.25) is 0 Å². The first-order valence-electron chi connectivity index (χ1n) is 5.42. The molecule has 0 heterocycles. The fourth-order valence-electron chi connectivity index (χ4n) is 1.91. The maximum Gasteiger partial charge on any atom is 0.235 e. The first kappa shape index (κ1) is 13.0. The van der Waals surface area contributed by atoms with Crippen LogP contribution in [0.4, 0.5) is 0 Å². The first-order chi connectivity index (χ1) is 8.24. The minimum atomic E-state index is 0.347. The zero-order valence-electron chi connectivity index (χ0n) is 9.99. The van der Waals surface area contributed by atoms with Gasteiger partial charge in [0.2, 0.25) is 12.2 Å². The lowest BCUT2D eigenvalue weighted by atomic mass is 9.95. The van der Waals surface area contributed by atoms with Crippen LogP contribution in [-0.2, 0) is 29.1 Å². The molecule has 0 amide bonds. The lowest BCUT2D eigenvalue weighted by molar-refractivity contribution is 0.562. The second-order valence-electron chi connectivity index (χ2n) is 3.66. The highest BCUT2D eigenvalue weighted by Crippen LogP contribution is 2.20. The molecule has 0 saturated carbocycles. The van der Waals surface area contributed by atoms with Crippen LogP contribution in [0.3, 0.4) is 0 Å². The smallest absolute Gasteiger partial charge is 0.211 e. The summed E-state index contributed by atoms with van der Waals surface area (Å²) in [5, 5.41) is 0. The summed E-state index contributed by atoms with van der Waals surface area (Å²) in [6.45, 7) is 4.73. The van der Waals surface area contributed by atoms with E-state index in [9.17, 15) is 9.59 Å². The van der Waals surface area contributed by atoms with E-state index in [1.54, 1.807) is 6.08 Å². The first-order valence-corrected chi connectivity index (χ1v) is 5.42. The van der Waals surface area contributed by atoms with E-state index >= 15 is 0 Å². The zero-order chi connectivity index (χ0) is 12.7. The van der Waals surface area contributed by atoms with Gasteiger partial charge in [-0.2, -0.15) is 0 Å². The number of hydrogen-bond donors (Lipinski definition) is 0. The second kappa shape index (κ2) is 6.54. The van der Waals surface area contributed by atoms with Gasteiger partial charge in [-0.1, -0.05) is 19.1 Å². The van der Waals surface area contributed by atoms with Crippen molar-refractivity contribution in [2.24, 2.45) is 9.98 Å². The Labute approximate surface area is 100 Å². The van der Waals surface area contributed by atoms with Crippen molar-refractivity contribution in [1.82, 2.24) is 0 Å². The molecule has 0 spiro atoms.